The molecule has 0 aromatic heterocycles. The van der Waals surface area contributed by atoms with Gasteiger partial charge in [-0.2, -0.15) is 0 Å². The summed E-state index contributed by atoms with van der Waals surface area (Å²) < 4.78 is 13.5. The topological polar surface area (TPSA) is 52.6 Å². The van der Waals surface area contributed by atoms with Gasteiger partial charge in [0.05, 0.1) is 12.7 Å². The van der Waals surface area contributed by atoms with Crippen LogP contribution in [0, 0.1) is 5.82 Å². The van der Waals surface area contributed by atoms with Crippen molar-refractivity contribution in [1.29, 1.82) is 0 Å². The number of nitrogens with one attached hydrogen (secondary N) is 1. The highest BCUT2D eigenvalue weighted by molar-refractivity contribution is 6.07. The van der Waals surface area contributed by atoms with E-state index in [0.717, 1.165) is 36.8 Å². The number of carbonyl (C=O) groups excluding carboxylic acids is 2. The first-order chi connectivity index (χ1) is 14.5. The molecule has 3 amide bonds. The van der Waals surface area contributed by atoms with Crippen molar-refractivity contribution in [3.63, 3.8) is 0 Å². The van der Waals surface area contributed by atoms with Gasteiger partial charge in [0.2, 0.25) is 0 Å². The van der Waals surface area contributed by atoms with Crippen LogP contribution in [0.15, 0.2) is 54.6 Å². The smallest absolute Gasteiger partial charge is 0.323 e. The van der Waals surface area contributed by atoms with Gasteiger partial charge in [-0.15, -0.1) is 0 Å². The Labute approximate surface area is 176 Å². The van der Waals surface area contributed by atoms with E-state index >= 15 is 0 Å². The molecule has 1 saturated heterocycles. The molecule has 5 nitrogen and oxygen atoms in total. The van der Waals surface area contributed by atoms with Gasteiger partial charge in [0, 0.05) is 0 Å². The van der Waals surface area contributed by atoms with Crippen molar-refractivity contribution in [3.8, 4) is 0 Å². The summed E-state index contributed by atoms with van der Waals surface area (Å²) in [4.78, 5) is 29.4. The molecule has 1 spiro atoms. The fraction of sp³-hybridized carbons (Fsp3) is 0.417. The number of hydrogen-bond donors (Lipinski definition) is 1. The van der Waals surface area contributed by atoms with E-state index in [1.807, 2.05) is 42.3 Å². The summed E-state index contributed by atoms with van der Waals surface area (Å²) in [6, 6.07) is 15.7. The van der Waals surface area contributed by atoms with E-state index in [1.54, 1.807) is 12.1 Å². The number of rotatable bonds is 5. The molecular formula is C24H28FN3O2. The van der Waals surface area contributed by atoms with Crippen LogP contribution in [0.5, 0.6) is 0 Å². The summed E-state index contributed by atoms with van der Waals surface area (Å²) in [7, 11) is 1.89. The Bertz CT molecular complexity index is 892. The van der Waals surface area contributed by atoms with E-state index in [4.69, 9.17) is 0 Å². The number of carbonyl (C=O) groups is 2. The Morgan fingerprint density at radius 2 is 1.57 bits per heavy atom. The first-order valence-corrected chi connectivity index (χ1v) is 10.6. The van der Waals surface area contributed by atoms with Crippen LogP contribution in [0.25, 0.3) is 0 Å². The molecule has 4 rings (SSSR count). The highest BCUT2D eigenvalue weighted by Crippen LogP contribution is 2.34. The van der Waals surface area contributed by atoms with Crippen molar-refractivity contribution < 1.29 is 14.0 Å². The second kappa shape index (κ2) is 8.56. The van der Waals surface area contributed by atoms with Crippen LogP contribution in [0.4, 0.5) is 9.18 Å². The van der Waals surface area contributed by atoms with E-state index in [-0.39, 0.29) is 30.5 Å². The monoisotopic (exact) mass is 409 g/mol. The molecule has 1 N–H and O–H groups in total. The van der Waals surface area contributed by atoms with E-state index < -0.39 is 5.54 Å². The minimum Gasteiger partial charge on any atom is -0.323 e. The van der Waals surface area contributed by atoms with Crippen molar-refractivity contribution in [2.24, 2.45) is 0 Å². The third-order valence-electron chi connectivity index (χ3n) is 6.31. The van der Waals surface area contributed by atoms with Crippen molar-refractivity contribution in [1.82, 2.24) is 15.1 Å². The number of imide groups is 1. The molecule has 30 heavy (non-hydrogen) atoms. The van der Waals surface area contributed by atoms with Crippen LogP contribution in [-0.2, 0) is 4.79 Å². The highest BCUT2D eigenvalue weighted by Gasteiger charge is 2.51. The number of urea groups is 1. The molecule has 1 aliphatic carbocycles. The zero-order chi connectivity index (χ0) is 21.1. The molecule has 1 atom stereocenters. The fourth-order valence-corrected chi connectivity index (χ4v) is 4.76. The largest absolute Gasteiger partial charge is 0.326 e. The Balaban J connectivity index is 1.59. The lowest BCUT2D eigenvalue weighted by Crippen LogP contribution is -2.47. The number of amides is 3. The molecule has 1 heterocycles. The third kappa shape index (κ3) is 3.97. The summed E-state index contributed by atoms with van der Waals surface area (Å²) in [6.07, 6.45) is 5.53. The molecule has 6 heteroatoms. The van der Waals surface area contributed by atoms with Crippen LogP contribution in [-0.4, -0.2) is 41.0 Å². The Morgan fingerprint density at radius 3 is 2.20 bits per heavy atom. The van der Waals surface area contributed by atoms with Crippen molar-refractivity contribution in [2.75, 3.05) is 13.7 Å². The first-order valence-electron chi connectivity index (χ1n) is 10.6. The molecule has 0 radical (unpaired) electrons. The number of benzene rings is 2. The number of nitrogens with zero attached hydrogens (tertiary/aromatic N) is 2. The Morgan fingerprint density at radius 1 is 0.967 bits per heavy atom. The predicted octanol–water partition coefficient (Wildman–Crippen LogP) is 4.45. The zero-order valence-electron chi connectivity index (χ0n) is 17.3. The third-order valence-corrected chi connectivity index (χ3v) is 6.31. The van der Waals surface area contributed by atoms with E-state index in [9.17, 15) is 14.0 Å². The maximum Gasteiger partial charge on any atom is 0.326 e. The van der Waals surface area contributed by atoms with E-state index in [0.29, 0.717) is 12.8 Å². The van der Waals surface area contributed by atoms with Gasteiger partial charge >= 0.3 is 6.03 Å². The maximum absolute atomic E-state index is 13.5. The second-order valence-electron chi connectivity index (χ2n) is 8.42. The summed E-state index contributed by atoms with van der Waals surface area (Å²) in [5.74, 6) is -0.412. The lowest BCUT2D eigenvalue weighted by atomic mass is 9.90. The molecule has 2 aromatic rings. The average Bonchev–Trinajstić information content (AvgIpc) is 2.91. The van der Waals surface area contributed by atoms with Gasteiger partial charge in [0.15, 0.2) is 0 Å². The first kappa shape index (κ1) is 20.5. The van der Waals surface area contributed by atoms with Gasteiger partial charge in [0.25, 0.3) is 5.91 Å². The van der Waals surface area contributed by atoms with Crippen molar-refractivity contribution >= 4 is 11.9 Å². The number of hydrogen-bond acceptors (Lipinski definition) is 3. The van der Waals surface area contributed by atoms with Crippen LogP contribution >= 0.6 is 0 Å². The van der Waals surface area contributed by atoms with Gasteiger partial charge in [-0.1, -0.05) is 68.1 Å². The predicted molar refractivity (Wildman–Crippen MR) is 113 cm³/mol. The number of halogens is 1. The second-order valence-corrected chi connectivity index (χ2v) is 8.42. The molecule has 2 fully saturated rings. The van der Waals surface area contributed by atoms with Crippen LogP contribution in [0.3, 0.4) is 0 Å². The van der Waals surface area contributed by atoms with Gasteiger partial charge < -0.3 is 5.32 Å². The summed E-state index contributed by atoms with van der Waals surface area (Å²) in [5.41, 5.74) is 1.18. The highest BCUT2D eigenvalue weighted by atomic mass is 19.1. The van der Waals surface area contributed by atoms with Crippen molar-refractivity contribution in [2.45, 2.75) is 50.1 Å². The van der Waals surface area contributed by atoms with E-state index in [1.165, 1.54) is 17.0 Å². The normalized spacial score (nSPS) is 19.8. The summed E-state index contributed by atoms with van der Waals surface area (Å²) in [5, 5.41) is 3.00. The van der Waals surface area contributed by atoms with Crippen LogP contribution in [0.1, 0.15) is 55.7 Å². The Hall–Kier alpha value is -2.73. The quantitative estimate of drug-likeness (QED) is 0.743. The molecule has 2 aliphatic rings. The molecular weight excluding hydrogens is 381 g/mol. The fourth-order valence-electron chi connectivity index (χ4n) is 4.76. The minimum absolute atomic E-state index is 0.118. The molecule has 2 aromatic carbocycles. The summed E-state index contributed by atoms with van der Waals surface area (Å²) in [6.45, 7) is 0.170. The van der Waals surface area contributed by atoms with E-state index in [2.05, 4.69) is 5.32 Å². The van der Waals surface area contributed by atoms with Crippen LogP contribution in [0.2, 0.25) is 0 Å². The molecule has 0 unspecified atom stereocenters. The molecule has 158 valence electrons. The molecule has 1 aliphatic heterocycles. The van der Waals surface area contributed by atoms with Gasteiger partial charge in [-0.3, -0.25) is 9.69 Å². The van der Waals surface area contributed by atoms with Gasteiger partial charge in [-0.05, 0) is 43.1 Å². The molecule has 1 saturated carbocycles. The van der Waals surface area contributed by atoms with Gasteiger partial charge in [-0.25, -0.2) is 14.1 Å². The molecule has 0 bridgehead atoms. The maximum atomic E-state index is 13.5. The van der Waals surface area contributed by atoms with Gasteiger partial charge in [0.1, 0.15) is 11.4 Å². The van der Waals surface area contributed by atoms with Crippen molar-refractivity contribution in [3.05, 3.63) is 71.5 Å². The standard InChI is InChI=1S/C24H28FN3O2/c1-27(17-28-22(29)24(26-23(28)30)15-7-2-3-8-16-24)21(18-9-5-4-6-10-18)19-11-13-20(25)14-12-19/h4-6,9-14,21H,2-3,7-8,15-17H2,1H3,(H,26,30)/t21-/m0/s1. The lowest BCUT2D eigenvalue weighted by Gasteiger charge is -2.32. The zero-order valence-corrected chi connectivity index (χ0v) is 17.3. The SMILES string of the molecule is CN(CN1C(=O)NC2(CCCCCC2)C1=O)[C@@H](c1ccccc1)c1ccc(F)cc1. The average molecular weight is 410 g/mol. The lowest BCUT2D eigenvalue weighted by molar-refractivity contribution is -0.133. The Kier molecular flexibility index (Phi) is 5.86. The van der Waals surface area contributed by atoms with Crippen LogP contribution < -0.4 is 5.32 Å². The summed E-state index contributed by atoms with van der Waals surface area (Å²) >= 11 is 0. The minimum atomic E-state index is -0.744.